The van der Waals surface area contributed by atoms with Gasteiger partial charge in [-0.25, -0.2) is 0 Å². The number of nitro groups is 1. The monoisotopic (exact) mass is 277 g/mol. The first-order valence-corrected chi connectivity index (χ1v) is 7.37. The van der Waals surface area contributed by atoms with E-state index < -0.39 is 0 Å². The van der Waals surface area contributed by atoms with Crippen molar-refractivity contribution in [3.8, 4) is 0 Å². The molecule has 0 spiro atoms. The first kappa shape index (κ1) is 14.8. The van der Waals surface area contributed by atoms with Crippen LogP contribution in [-0.4, -0.2) is 29.0 Å². The zero-order chi connectivity index (χ0) is 14.5. The average Bonchev–Trinajstić information content (AvgIpc) is 2.42. The van der Waals surface area contributed by atoms with Crippen LogP contribution in [0.25, 0.3) is 0 Å². The van der Waals surface area contributed by atoms with Crippen molar-refractivity contribution in [2.45, 2.75) is 45.7 Å². The number of anilines is 1. The predicted octanol–water partition coefficient (Wildman–Crippen LogP) is 3.40. The van der Waals surface area contributed by atoms with Gasteiger partial charge in [0.15, 0.2) is 0 Å². The van der Waals surface area contributed by atoms with Crippen LogP contribution >= 0.6 is 0 Å². The van der Waals surface area contributed by atoms with E-state index in [2.05, 4.69) is 17.1 Å². The summed E-state index contributed by atoms with van der Waals surface area (Å²) in [4.78, 5) is 13.1. The van der Waals surface area contributed by atoms with Crippen LogP contribution < -0.4 is 5.32 Å². The number of hydrogen-bond donors (Lipinski definition) is 1. The number of piperidine rings is 1. The standard InChI is InChI=1S/C15H23N3O2/c1-3-16-14-10-13(7-8-15(14)18(19)20)11-17-9-5-4-6-12(17)2/h7-8,10,12,16H,3-6,9,11H2,1-2H3. The van der Waals surface area contributed by atoms with Crippen LogP contribution in [-0.2, 0) is 6.54 Å². The predicted molar refractivity (Wildman–Crippen MR) is 81.0 cm³/mol. The molecule has 2 rings (SSSR count). The fraction of sp³-hybridized carbons (Fsp3) is 0.600. The Hall–Kier alpha value is -1.62. The maximum Gasteiger partial charge on any atom is 0.292 e. The van der Waals surface area contributed by atoms with E-state index in [9.17, 15) is 10.1 Å². The van der Waals surface area contributed by atoms with Crippen molar-refractivity contribution in [1.29, 1.82) is 0 Å². The summed E-state index contributed by atoms with van der Waals surface area (Å²) in [6.45, 7) is 6.88. The lowest BCUT2D eigenvalue weighted by Crippen LogP contribution is -2.36. The van der Waals surface area contributed by atoms with Crippen molar-refractivity contribution in [2.24, 2.45) is 0 Å². The summed E-state index contributed by atoms with van der Waals surface area (Å²) in [7, 11) is 0. The largest absolute Gasteiger partial charge is 0.380 e. The molecule has 1 heterocycles. The molecule has 5 heteroatoms. The van der Waals surface area contributed by atoms with Gasteiger partial charge in [-0.15, -0.1) is 0 Å². The second-order valence-corrected chi connectivity index (χ2v) is 5.45. The summed E-state index contributed by atoms with van der Waals surface area (Å²) >= 11 is 0. The van der Waals surface area contributed by atoms with Gasteiger partial charge in [0.25, 0.3) is 5.69 Å². The highest BCUT2D eigenvalue weighted by molar-refractivity contribution is 5.62. The molecule has 1 aliphatic rings. The van der Waals surface area contributed by atoms with Crippen LogP contribution in [0.3, 0.4) is 0 Å². The van der Waals surface area contributed by atoms with Crippen LogP contribution in [0.4, 0.5) is 11.4 Å². The van der Waals surface area contributed by atoms with Gasteiger partial charge in [-0.3, -0.25) is 15.0 Å². The van der Waals surface area contributed by atoms with Crippen LogP contribution in [0.1, 0.15) is 38.7 Å². The van der Waals surface area contributed by atoms with Crippen LogP contribution in [0, 0.1) is 10.1 Å². The fourth-order valence-electron chi connectivity index (χ4n) is 2.80. The molecule has 110 valence electrons. The van der Waals surface area contributed by atoms with E-state index in [4.69, 9.17) is 0 Å². The molecule has 1 unspecified atom stereocenters. The second-order valence-electron chi connectivity index (χ2n) is 5.45. The van der Waals surface area contributed by atoms with Crippen molar-refractivity contribution in [1.82, 2.24) is 4.90 Å². The van der Waals surface area contributed by atoms with Crippen molar-refractivity contribution in [3.05, 3.63) is 33.9 Å². The molecule has 1 fully saturated rings. The smallest absolute Gasteiger partial charge is 0.292 e. The molecule has 1 aromatic carbocycles. The lowest BCUT2D eigenvalue weighted by Gasteiger charge is -2.33. The van der Waals surface area contributed by atoms with Gasteiger partial charge in [0, 0.05) is 25.2 Å². The number of hydrogen-bond acceptors (Lipinski definition) is 4. The second kappa shape index (κ2) is 6.70. The van der Waals surface area contributed by atoms with Gasteiger partial charge >= 0.3 is 0 Å². The molecular formula is C15H23N3O2. The summed E-state index contributed by atoms with van der Waals surface area (Å²) in [5, 5.41) is 14.1. The highest BCUT2D eigenvalue weighted by Crippen LogP contribution is 2.27. The minimum atomic E-state index is -0.328. The molecule has 5 nitrogen and oxygen atoms in total. The van der Waals surface area contributed by atoms with Gasteiger partial charge in [0.1, 0.15) is 5.69 Å². The summed E-state index contributed by atoms with van der Waals surface area (Å²) in [5.74, 6) is 0. The van der Waals surface area contributed by atoms with Crippen molar-refractivity contribution < 1.29 is 4.92 Å². The third-order valence-electron chi connectivity index (χ3n) is 3.95. The first-order valence-electron chi connectivity index (χ1n) is 7.37. The Morgan fingerprint density at radius 3 is 2.90 bits per heavy atom. The first-order chi connectivity index (χ1) is 9.61. The lowest BCUT2D eigenvalue weighted by molar-refractivity contribution is -0.384. The molecule has 0 aliphatic carbocycles. The van der Waals surface area contributed by atoms with Crippen molar-refractivity contribution in [3.63, 3.8) is 0 Å². The molecular weight excluding hydrogens is 254 g/mol. The maximum absolute atomic E-state index is 11.0. The van der Waals surface area contributed by atoms with Crippen LogP contribution in [0.5, 0.6) is 0 Å². The third-order valence-corrected chi connectivity index (χ3v) is 3.95. The minimum Gasteiger partial charge on any atom is -0.380 e. The lowest BCUT2D eigenvalue weighted by atomic mass is 10.0. The number of nitrogens with one attached hydrogen (secondary N) is 1. The van der Waals surface area contributed by atoms with E-state index in [1.807, 2.05) is 19.1 Å². The summed E-state index contributed by atoms with van der Waals surface area (Å²) < 4.78 is 0. The van der Waals surface area contributed by atoms with E-state index in [1.165, 1.54) is 19.3 Å². The SMILES string of the molecule is CCNc1cc(CN2CCCCC2C)ccc1[N+](=O)[O-]. The molecule has 1 N–H and O–H groups in total. The molecule has 1 aliphatic heterocycles. The Labute approximate surface area is 120 Å². The Morgan fingerprint density at radius 2 is 2.25 bits per heavy atom. The molecule has 0 radical (unpaired) electrons. The van der Waals surface area contributed by atoms with Gasteiger partial charge in [-0.05, 0) is 44.9 Å². The summed E-state index contributed by atoms with van der Waals surface area (Å²) in [5.41, 5.74) is 1.92. The van der Waals surface area contributed by atoms with E-state index in [0.29, 0.717) is 18.3 Å². The average molecular weight is 277 g/mol. The Kier molecular flexibility index (Phi) is 4.95. The van der Waals surface area contributed by atoms with Gasteiger partial charge in [-0.1, -0.05) is 12.5 Å². The van der Waals surface area contributed by atoms with Gasteiger partial charge in [0.2, 0.25) is 0 Å². The van der Waals surface area contributed by atoms with Crippen molar-refractivity contribution in [2.75, 3.05) is 18.4 Å². The highest BCUT2D eigenvalue weighted by atomic mass is 16.6. The Balaban J connectivity index is 2.15. The number of nitrogens with zero attached hydrogens (tertiary/aromatic N) is 2. The summed E-state index contributed by atoms with van der Waals surface area (Å²) in [6, 6.07) is 6.01. The number of rotatable bonds is 5. The Bertz CT molecular complexity index is 476. The molecule has 0 aromatic heterocycles. The molecule has 1 aromatic rings. The number of benzene rings is 1. The zero-order valence-electron chi connectivity index (χ0n) is 12.3. The highest BCUT2D eigenvalue weighted by Gasteiger charge is 2.19. The fourth-order valence-corrected chi connectivity index (χ4v) is 2.80. The molecule has 0 saturated carbocycles. The van der Waals surface area contributed by atoms with Crippen LogP contribution in [0.15, 0.2) is 18.2 Å². The third kappa shape index (κ3) is 3.48. The van der Waals surface area contributed by atoms with E-state index >= 15 is 0 Å². The van der Waals surface area contributed by atoms with E-state index in [-0.39, 0.29) is 10.6 Å². The molecule has 0 amide bonds. The van der Waals surface area contributed by atoms with Crippen LogP contribution in [0.2, 0.25) is 0 Å². The van der Waals surface area contributed by atoms with Gasteiger partial charge in [0.05, 0.1) is 4.92 Å². The molecule has 1 saturated heterocycles. The normalized spacial score (nSPS) is 19.8. The minimum absolute atomic E-state index is 0.155. The summed E-state index contributed by atoms with van der Waals surface area (Å²) in [6.07, 6.45) is 3.80. The zero-order valence-corrected chi connectivity index (χ0v) is 12.3. The van der Waals surface area contributed by atoms with Gasteiger partial charge in [-0.2, -0.15) is 0 Å². The molecule has 20 heavy (non-hydrogen) atoms. The van der Waals surface area contributed by atoms with E-state index in [1.54, 1.807) is 6.07 Å². The quantitative estimate of drug-likeness (QED) is 0.662. The van der Waals surface area contributed by atoms with E-state index in [0.717, 1.165) is 18.7 Å². The van der Waals surface area contributed by atoms with Gasteiger partial charge < -0.3 is 5.32 Å². The number of likely N-dealkylation sites (tertiary alicyclic amines) is 1. The Morgan fingerprint density at radius 1 is 1.45 bits per heavy atom. The molecule has 1 atom stereocenters. The van der Waals surface area contributed by atoms with Crippen molar-refractivity contribution >= 4 is 11.4 Å². The topological polar surface area (TPSA) is 58.4 Å². The number of nitro benzene ring substituents is 1. The molecule has 0 bridgehead atoms. The maximum atomic E-state index is 11.0.